The van der Waals surface area contributed by atoms with Crippen LogP contribution in [0.1, 0.15) is 0 Å². The molecule has 0 aliphatic rings. The summed E-state index contributed by atoms with van der Waals surface area (Å²) in [5.41, 5.74) is 9.65. The van der Waals surface area contributed by atoms with E-state index in [0.717, 1.165) is 11.1 Å². The number of nitrogens with two attached hydrogens (primary N) is 1. The van der Waals surface area contributed by atoms with Crippen LogP contribution in [0.3, 0.4) is 0 Å². The summed E-state index contributed by atoms with van der Waals surface area (Å²) in [5.74, 6) is 0.391. The molecule has 3 rings (SSSR count). The smallest absolute Gasteiger partial charge is 0.153 e. The van der Waals surface area contributed by atoms with Crippen LogP contribution in [0, 0.1) is 0 Å². The molecule has 0 atom stereocenters. The number of benzene rings is 2. The molecule has 0 saturated heterocycles. The summed E-state index contributed by atoms with van der Waals surface area (Å²) < 4.78 is 0. The second-order valence-electron chi connectivity index (χ2n) is 4.14. The van der Waals surface area contributed by atoms with Crippen molar-refractivity contribution in [2.45, 2.75) is 0 Å². The van der Waals surface area contributed by atoms with Crippen LogP contribution in [-0.4, -0.2) is 15.2 Å². The minimum absolute atomic E-state index is 0.391. The van der Waals surface area contributed by atoms with Crippen molar-refractivity contribution < 1.29 is 0 Å². The number of rotatable bonds is 2. The van der Waals surface area contributed by atoms with Crippen molar-refractivity contribution in [3.63, 3.8) is 0 Å². The van der Waals surface area contributed by atoms with Crippen molar-refractivity contribution in [1.29, 1.82) is 0 Å². The maximum atomic E-state index is 5.79. The van der Waals surface area contributed by atoms with Gasteiger partial charge in [0, 0.05) is 5.56 Å². The minimum Gasteiger partial charge on any atom is -0.382 e. The third-order valence-corrected chi connectivity index (χ3v) is 2.91. The Balaban J connectivity index is 1.98. The summed E-state index contributed by atoms with van der Waals surface area (Å²) in [6, 6.07) is 18.2. The Hall–Kier alpha value is -2.75. The molecule has 0 radical (unpaired) electrons. The van der Waals surface area contributed by atoms with E-state index in [4.69, 9.17) is 5.73 Å². The molecule has 1 heterocycles. The topological polar surface area (TPSA) is 64.7 Å². The molecule has 0 aliphatic heterocycles. The lowest BCUT2D eigenvalue weighted by Gasteiger charge is -2.05. The largest absolute Gasteiger partial charge is 0.382 e. The van der Waals surface area contributed by atoms with Gasteiger partial charge in [-0.3, -0.25) is 0 Å². The van der Waals surface area contributed by atoms with E-state index in [9.17, 15) is 0 Å². The van der Waals surface area contributed by atoms with Crippen LogP contribution < -0.4 is 5.73 Å². The average molecular weight is 248 g/mol. The van der Waals surface area contributed by atoms with Crippen molar-refractivity contribution in [1.82, 2.24) is 15.2 Å². The Kier molecular flexibility index (Phi) is 2.90. The van der Waals surface area contributed by atoms with E-state index < -0.39 is 0 Å². The third-order valence-electron chi connectivity index (χ3n) is 2.91. The normalized spacial score (nSPS) is 10.3. The van der Waals surface area contributed by atoms with Gasteiger partial charge in [-0.1, -0.05) is 54.6 Å². The summed E-state index contributed by atoms with van der Waals surface area (Å²) in [7, 11) is 0. The fourth-order valence-electron chi connectivity index (χ4n) is 1.94. The van der Waals surface area contributed by atoms with Crippen LogP contribution in [0.2, 0.25) is 0 Å². The second-order valence-corrected chi connectivity index (χ2v) is 4.14. The van der Waals surface area contributed by atoms with Gasteiger partial charge in [-0.2, -0.15) is 0 Å². The highest BCUT2D eigenvalue weighted by Gasteiger charge is 2.05. The highest BCUT2D eigenvalue weighted by atomic mass is 15.1. The van der Waals surface area contributed by atoms with Gasteiger partial charge in [-0.25, -0.2) is 4.98 Å². The molecule has 2 N–H and O–H groups in total. The summed E-state index contributed by atoms with van der Waals surface area (Å²) >= 11 is 0. The molecule has 4 nitrogen and oxygen atoms in total. The molecule has 0 spiro atoms. The van der Waals surface area contributed by atoms with Crippen LogP contribution in [0.15, 0.2) is 60.9 Å². The van der Waals surface area contributed by atoms with Crippen molar-refractivity contribution in [3.8, 4) is 22.4 Å². The Bertz CT molecular complexity index is 678. The van der Waals surface area contributed by atoms with Gasteiger partial charge >= 0.3 is 0 Å². The van der Waals surface area contributed by atoms with Crippen LogP contribution in [0.25, 0.3) is 22.4 Å². The maximum Gasteiger partial charge on any atom is 0.153 e. The quantitative estimate of drug-likeness (QED) is 0.757. The van der Waals surface area contributed by atoms with Crippen LogP contribution in [0.5, 0.6) is 0 Å². The molecule has 3 aromatic rings. The van der Waals surface area contributed by atoms with E-state index in [2.05, 4.69) is 27.3 Å². The first-order valence-corrected chi connectivity index (χ1v) is 5.93. The zero-order valence-corrected chi connectivity index (χ0v) is 10.2. The molecule has 1 aromatic heterocycles. The van der Waals surface area contributed by atoms with E-state index in [-0.39, 0.29) is 0 Å². The molecular formula is C15H12N4. The molecule has 0 fully saturated rings. The van der Waals surface area contributed by atoms with Crippen molar-refractivity contribution in [2.24, 2.45) is 0 Å². The lowest BCUT2D eigenvalue weighted by atomic mass is 10.0. The number of nitrogen functional groups attached to an aromatic ring is 1. The van der Waals surface area contributed by atoms with Crippen molar-refractivity contribution in [3.05, 3.63) is 60.9 Å². The van der Waals surface area contributed by atoms with E-state index in [1.807, 2.05) is 42.5 Å². The lowest BCUT2D eigenvalue weighted by Crippen LogP contribution is -1.98. The van der Waals surface area contributed by atoms with Gasteiger partial charge in [0.05, 0.1) is 0 Å². The molecule has 92 valence electrons. The molecule has 2 aromatic carbocycles. The van der Waals surface area contributed by atoms with Gasteiger partial charge in [-0.05, 0) is 11.1 Å². The number of anilines is 1. The van der Waals surface area contributed by atoms with Crippen LogP contribution >= 0.6 is 0 Å². The first kappa shape index (κ1) is 11.3. The fraction of sp³-hybridized carbons (Fsp3) is 0. The first-order chi connectivity index (χ1) is 9.34. The van der Waals surface area contributed by atoms with E-state index in [1.54, 1.807) is 0 Å². The predicted octanol–water partition coefficient (Wildman–Crippen LogP) is 2.79. The summed E-state index contributed by atoms with van der Waals surface area (Å²) in [5, 5.41) is 7.77. The van der Waals surface area contributed by atoms with E-state index in [0.29, 0.717) is 11.5 Å². The number of nitrogens with zero attached hydrogens (tertiary/aromatic N) is 3. The van der Waals surface area contributed by atoms with Crippen molar-refractivity contribution >= 4 is 5.82 Å². The minimum atomic E-state index is 0.391. The van der Waals surface area contributed by atoms with Gasteiger partial charge < -0.3 is 5.73 Å². The molecule has 0 unspecified atom stereocenters. The Morgan fingerprint density at radius 2 is 1.37 bits per heavy atom. The summed E-state index contributed by atoms with van der Waals surface area (Å²) in [4.78, 5) is 3.94. The highest BCUT2D eigenvalue weighted by molar-refractivity contribution is 5.72. The van der Waals surface area contributed by atoms with Gasteiger partial charge in [0.2, 0.25) is 0 Å². The number of aromatic nitrogens is 3. The third kappa shape index (κ3) is 2.28. The van der Waals surface area contributed by atoms with Gasteiger partial charge in [0.25, 0.3) is 0 Å². The molecule has 0 amide bonds. The molecule has 0 aliphatic carbocycles. The number of hydrogen-bond acceptors (Lipinski definition) is 4. The zero-order valence-electron chi connectivity index (χ0n) is 10.2. The summed E-state index contributed by atoms with van der Waals surface area (Å²) in [6.45, 7) is 0. The Labute approximate surface area is 111 Å². The van der Waals surface area contributed by atoms with Gasteiger partial charge in [0.1, 0.15) is 12.0 Å². The van der Waals surface area contributed by atoms with Crippen molar-refractivity contribution in [2.75, 3.05) is 5.73 Å². The fourth-order valence-corrected chi connectivity index (χ4v) is 1.94. The lowest BCUT2D eigenvalue weighted by molar-refractivity contribution is 0.983. The standard InChI is InChI=1S/C15H12N4/c16-15-14(19-18-10-17-15)13-8-6-12(7-9-13)11-4-2-1-3-5-11/h1-10H,(H2,16,17,18). The molecular weight excluding hydrogens is 236 g/mol. The number of hydrogen-bond donors (Lipinski definition) is 1. The van der Waals surface area contributed by atoms with E-state index >= 15 is 0 Å². The zero-order chi connectivity index (χ0) is 13.1. The molecule has 4 heteroatoms. The maximum absolute atomic E-state index is 5.79. The van der Waals surface area contributed by atoms with Crippen LogP contribution in [-0.2, 0) is 0 Å². The molecule has 0 bridgehead atoms. The average Bonchev–Trinajstić information content (AvgIpc) is 2.49. The van der Waals surface area contributed by atoms with Gasteiger partial charge in [-0.15, -0.1) is 10.2 Å². The second kappa shape index (κ2) is 4.86. The summed E-state index contributed by atoms with van der Waals surface area (Å²) in [6.07, 6.45) is 1.34. The highest BCUT2D eigenvalue weighted by Crippen LogP contribution is 2.25. The Morgan fingerprint density at radius 1 is 0.737 bits per heavy atom. The Morgan fingerprint density at radius 3 is 2.05 bits per heavy atom. The molecule has 0 saturated carbocycles. The molecule has 19 heavy (non-hydrogen) atoms. The van der Waals surface area contributed by atoms with Gasteiger partial charge in [0.15, 0.2) is 5.82 Å². The van der Waals surface area contributed by atoms with E-state index in [1.165, 1.54) is 11.9 Å². The monoisotopic (exact) mass is 248 g/mol. The van der Waals surface area contributed by atoms with Crippen LogP contribution in [0.4, 0.5) is 5.82 Å². The first-order valence-electron chi connectivity index (χ1n) is 5.93. The predicted molar refractivity (Wildman–Crippen MR) is 75.1 cm³/mol. The SMILES string of the molecule is Nc1ncnnc1-c1ccc(-c2ccccc2)cc1.